The first-order valence-electron chi connectivity index (χ1n) is 9.54. The molecule has 0 bridgehead atoms. The molecule has 26 heavy (non-hydrogen) atoms. The summed E-state index contributed by atoms with van der Waals surface area (Å²) in [6, 6.07) is 6.44. The Morgan fingerprint density at radius 2 is 1.88 bits per heavy atom. The summed E-state index contributed by atoms with van der Waals surface area (Å²) < 4.78 is 10.6. The van der Waals surface area contributed by atoms with Crippen LogP contribution in [0.3, 0.4) is 0 Å². The van der Waals surface area contributed by atoms with E-state index in [2.05, 4.69) is 29.1 Å². The third kappa shape index (κ3) is 5.80. The van der Waals surface area contributed by atoms with Crippen molar-refractivity contribution in [3.63, 3.8) is 0 Å². The SMILES string of the molecule is COc1ccc(CCNC(N)=NCC(C(C)C)N2CCCC2)cc1OC. The highest BCUT2D eigenvalue weighted by Crippen LogP contribution is 2.27. The first kappa shape index (κ1) is 20.4. The van der Waals surface area contributed by atoms with E-state index in [1.165, 1.54) is 31.5 Å². The molecular weight excluding hydrogens is 328 g/mol. The van der Waals surface area contributed by atoms with E-state index in [1.807, 2.05) is 18.2 Å². The largest absolute Gasteiger partial charge is 0.493 e. The molecule has 3 N–H and O–H groups in total. The Bertz CT molecular complexity index is 583. The number of hydrogen-bond acceptors (Lipinski definition) is 4. The van der Waals surface area contributed by atoms with Crippen molar-refractivity contribution >= 4 is 5.96 Å². The van der Waals surface area contributed by atoms with Crippen LogP contribution in [-0.4, -0.2) is 57.3 Å². The fraction of sp³-hybridized carbons (Fsp3) is 0.650. The van der Waals surface area contributed by atoms with Gasteiger partial charge in [0, 0.05) is 12.6 Å². The molecule has 1 aliphatic rings. The maximum Gasteiger partial charge on any atom is 0.188 e. The average Bonchev–Trinajstić information content (AvgIpc) is 3.15. The number of rotatable bonds is 9. The Labute approximate surface area is 157 Å². The quantitative estimate of drug-likeness (QED) is 0.521. The zero-order valence-corrected chi connectivity index (χ0v) is 16.6. The first-order chi connectivity index (χ1) is 12.5. The Morgan fingerprint density at radius 1 is 1.19 bits per heavy atom. The molecule has 1 aromatic rings. The molecule has 2 rings (SSSR count). The van der Waals surface area contributed by atoms with Crippen molar-refractivity contribution in [2.24, 2.45) is 16.6 Å². The van der Waals surface area contributed by atoms with Crippen molar-refractivity contribution in [3.05, 3.63) is 23.8 Å². The lowest BCUT2D eigenvalue weighted by Crippen LogP contribution is -2.41. The van der Waals surface area contributed by atoms with Gasteiger partial charge in [0.2, 0.25) is 0 Å². The minimum absolute atomic E-state index is 0.476. The van der Waals surface area contributed by atoms with Crippen molar-refractivity contribution in [1.29, 1.82) is 0 Å². The Balaban J connectivity index is 1.81. The molecule has 6 heteroatoms. The monoisotopic (exact) mass is 362 g/mol. The number of benzene rings is 1. The molecule has 0 aliphatic carbocycles. The molecule has 146 valence electrons. The number of nitrogens with two attached hydrogens (primary N) is 1. The number of guanidine groups is 1. The summed E-state index contributed by atoms with van der Waals surface area (Å²) in [6.07, 6.45) is 3.44. The average molecular weight is 363 g/mol. The molecule has 0 aromatic heterocycles. The lowest BCUT2D eigenvalue weighted by atomic mass is 10.0. The molecule has 1 atom stereocenters. The van der Waals surface area contributed by atoms with E-state index in [9.17, 15) is 0 Å². The molecule has 1 heterocycles. The van der Waals surface area contributed by atoms with Crippen molar-refractivity contribution < 1.29 is 9.47 Å². The maximum atomic E-state index is 6.06. The highest BCUT2D eigenvalue weighted by atomic mass is 16.5. The minimum Gasteiger partial charge on any atom is -0.493 e. The molecular formula is C20H34N4O2. The van der Waals surface area contributed by atoms with Crippen molar-refractivity contribution in [2.75, 3.05) is 40.4 Å². The van der Waals surface area contributed by atoms with E-state index < -0.39 is 0 Å². The number of nitrogens with zero attached hydrogens (tertiary/aromatic N) is 2. The standard InChI is InChI=1S/C20H34N4O2/c1-15(2)17(24-11-5-6-12-24)14-23-20(21)22-10-9-16-7-8-18(25-3)19(13-16)26-4/h7-8,13,15,17H,5-6,9-12,14H2,1-4H3,(H3,21,22,23). The van der Waals surface area contributed by atoms with Crippen LogP contribution in [0.2, 0.25) is 0 Å². The lowest BCUT2D eigenvalue weighted by molar-refractivity contribution is 0.197. The van der Waals surface area contributed by atoms with Gasteiger partial charge in [-0.05, 0) is 56.0 Å². The van der Waals surface area contributed by atoms with Gasteiger partial charge >= 0.3 is 0 Å². The molecule has 6 nitrogen and oxygen atoms in total. The van der Waals surface area contributed by atoms with Gasteiger partial charge in [0.05, 0.1) is 20.8 Å². The third-order valence-electron chi connectivity index (χ3n) is 5.00. The second-order valence-corrected chi connectivity index (χ2v) is 7.15. The van der Waals surface area contributed by atoms with Crippen molar-refractivity contribution in [3.8, 4) is 11.5 Å². The van der Waals surface area contributed by atoms with Crippen molar-refractivity contribution in [1.82, 2.24) is 10.2 Å². The summed E-state index contributed by atoms with van der Waals surface area (Å²) in [7, 11) is 3.29. The fourth-order valence-electron chi connectivity index (χ4n) is 3.44. The van der Waals surface area contributed by atoms with Gasteiger partial charge in [-0.25, -0.2) is 0 Å². The van der Waals surface area contributed by atoms with E-state index in [0.29, 0.717) is 17.9 Å². The number of methoxy groups -OCH3 is 2. The molecule has 0 radical (unpaired) electrons. The van der Waals surface area contributed by atoms with E-state index in [0.717, 1.165) is 31.0 Å². The van der Waals surface area contributed by atoms with Crippen LogP contribution in [0.5, 0.6) is 11.5 Å². The number of nitrogens with one attached hydrogen (secondary N) is 1. The minimum atomic E-state index is 0.476. The second kappa shape index (κ2) is 10.3. The first-order valence-corrected chi connectivity index (χ1v) is 9.54. The summed E-state index contributed by atoms with van der Waals surface area (Å²) in [5.41, 5.74) is 7.23. The summed E-state index contributed by atoms with van der Waals surface area (Å²) in [6.45, 7) is 8.39. The number of ether oxygens (including phenoxy) is 2. The molecule has 1 saturated heterocycles. The van der Waals surface area contributed by atoms with Gasteiger partial charge in [0.25, 0.3) is 0 Å². The van der Waals surface area contributed by atoms with Gasteiger partial charge < -0.3 is 20.5 Å². The highest BCUT2D eigenvalue weighted by molar-refractivity contribution is 5.77. The zero-order valence-electron chi connectivity index (χ0n) is 16.6. The second-order valence-electron chi connectivity index (χ2n) is 7.15. The predicted octanol–water partition coefficient (Wildman–Crippen LogP) is 2.27. The Kier molecular flexibility index (Phi) is 8.04. The van der Waals surface area contributed by atoms with Crippen LogP contribution < -0.4 is 20.5 Å². The summed E-state index contributed by atoms with van der Waals surface area (Å²) in [5.74, 6) is 2.59. The number of aliphatic imine (C=N–C) groups is 1. The van der Waals surface area contributed by atoms with Gasteiger partial charge in [0.15, 0.2) is 17.5 Å². The van der Waals surface area contributed by atoms with Crippen LogP contribution in [0, 0.1) is 5.92 Å². The van der Waals surface area contributed by atoms with E-state index in [-0.39, 0.29) is 0 Å². The van der Waals surface area contributed by atoms with E-state index >= 15 is 0 Å². The molecule has 1 unspecified atom stereocenters. The highest BCUT2D eigenvalue weighted by Gasteiger charge is 2.24. The zero-order chi connectivity index (χ0) is 18.9. The summed E-state index contributed by atoms with van der Waals surface area (Å²) >= 11 is 0. The molecule has 0 amide bonds. The van der Waals surface area contributed by atoms with E-state index in [1.54, 1.807) is 14.2 Å². The van der Waals surface area contributed by atoms with Crippen LogP contribution in [0.4, 0.5) is 0 Å². The smallest absolute Gasteiger partial charge is 0.188 e. The Morgan fingerprint density at radius 3 is 2.50 bits per heavy atom. The number of hydrogen-bond donors (Lipinski definition) is 2. The summed E-state index contributed by atoms with van der Waals surface area (Å²) in [5, 5.41) is 3.22. The summed E-state index contributed by atoms with van der Waals surface area (Å²) in [4.78, 5) is 7.13. The molecule has 1 aromatic carbocycles. The topological polar surface area (TPSA) is 72.1 Å². The Hall–Kier alpha value is -1.95. The van der Waals surface area contributed by atoms with Gasteiger partial charge in [-0.3, -0.25) is 9.89 Å². The molecule has 0 spiro atoms. The van der Waals surface area contributed by atoms with Crippen LogP contribution >= 0.6 is 0 Å². The van der Waals surface area contributed by atoms with E-state index in [4.69, 9.17) is 15.2 Å². The molecule has 1 aliphatic heterocycles. The van der Waals surface area contributed by atoms with Gasteiger partial charge in [-0.1, -0.05) is 19.9 Å². The van der Waals surface area contributed by atoms with Crippen LogP contribution in [0.25, 0.3) is 0 Å². The lowest BCUT2D eigenvalue weighted by Gasteiger charge is -2.29. The normalized spacial score (nSPS) is 16.7. The van der Waals surface area contributed by atoms with Crippen LogP contribution in [-0.2, 0) is 6.42 Å². The number of likely N-dealkylation sites (tertiary alicyclic amines) is 1. The van der Waals surface area contributed by atoms with Gasteiger partial charge in [-0.15, -0.1) is 0 Å². The van der Waals surface area contributed by atoms with Gasteiger partial charge in [0.1, 0.15) is 0 Å². The third-order valence-corrected chi connectivity index (χ3v) is 5.00. The van der Waals surface area contributed by atoms with Crippen LogP contribution in [0.1, 0.15) is 32.3 Å². The molecule has 0 saturated carbocycles. The van der Waals surface area contributed by atoms with Crippen molar-refractivity contribution in [2.45, 2.75) is 39.2 Å². The fourth-order valence-corrected chi connectivity index (χ4v) is 3.44. The van der Waals surface area contributed by atoms with Crippen LogP contribution in [0.15, 0.2) is 23.2 Å². The van der Waals surface area contributed by atoms with Gasteiger partial charge in [-0.2, -0.15) is 0 Å². The molecule has 1 fully saturated rings. The maximum absolute atomic E-state index is 6.06. The predicted molar refractivity (Wildman–Crippen MR) is 107 cm³/mol.